The van der Waals surface area contributed by atoms with E-state index in [1.54, 1.807) is 12.1 Å². The maximum atomic E-state index is 13.2. The lowest BCUT2D eigenvalue weighted by Crippen LogP contribution is -2.26. The van der Waals surface area contributed by atoms with Crippen LogP contribution in [0.25, 0.3) is 0 Å². The van der Waals surface area contributed by atoms with Gasteiger partial charge in [0.2, 0.25) is 0 Å². The van der Waals surface area contributed by atoms with Gasteiger partial charge in [-0.1, -0.05) is 24.0 Å². The molecule has 1 saturated heterocycles. The number of fused-ring (bicyclic) bond motifs is 1. The maximum Gasteiger partial charge on any atom is 0.307 e. The fraction of sp³-hybridized carbons (Fsp3) is 0.318. The summed E-state index contributed by atoms with van der Waals surface area (Å²) in [4.78, 5) is 13.5. The van der Waals surface area contributed by atoms with Crippen molar-refractivity contribution in [3.05, 3.63) is 70.5 Å². The molecule has 2 atom stereocenters. The molecule has 4 rings (SSSR count). The molecule has 2 aromatic carbocycles. The number of nitrogens with zero attached hydrogens (tertiary/aromatic N) is 1. The van der Waals surface area contributed by atoms with Crippen molar-refractivity contribution in [2.45, 2.75) is 25.3 Å². The second-order valence-corrected chi connectivity index (χ2v) is 7.05. The Morgan fingerprint density at radius 1 is 1.12 bits per heavy atom. The van der Waals surface area contributed by atoms with Crippen molar-refractivity contribution >= 4 is 5.97 Å². The molecule has 0 bridgehead atoms. The molecule has 26 heavy (non-hydrogen) atoms. The van der Waals surface area contributed by atoms with E-state index >= 15 is 0 Å². The molecule has 0 spiro atoms. The van der Waals surface area contributed by atoms with Gasteiger partial charge in [-0.25, -0.2) is 4.39 Å². The van der Waals surface area contributed by atoms with E-state index in [2.05, 4.69) is 28.9 Å². The second-order valence-electron chi connectivity index (χ2n) is 7.05. The van der Waals surface area contributed by atoms with Crippen molar-refractivity contribution in [1.29, 1.82) is 0 Å². The smallest absolute Gasteiger partial charge is 0.307 e. The van der Waals surface area contributed by atoms with Crippen molar-refractivity contribution in [3.63, 3.8) is 0 Å². The molecule has 1 fully saturated rings. The lowest BCUT2D eigenvalue weighted by atomic mass is 10.0. The van der Waals surface area contributed by atoms with Crippen LogP contribution in [-0.2, 0) is 11.2 Å². The first-order chi connectivity index (χ1) is 12.6. The largest absolute Gasteiger partial charge is 0.481 e. The van der Waals surface area contributed by atoms with Crippen LogP contribution in [0.15, 0.2) is 42.5 Å². The summed E-state index contributed by atoms with van der Waals surface area (Å²) >= 11 is 0. The summed E-state index contributed by atoms with van der Waals surface area (Å²) in [6.45, 7) is 1.49. The molecule has 3 nitrogen and oxygen atoms in total. The van der Waals surface area contributed by atoms with Crippen LogP contribution in [0.2, 0.25) is 0 Å². The maximum absolute atomic E-state index is 13.2. The van der Waals surface area contributed by atoms with E-state index in [0.29, 0.717) is 18.2 Å². The Balaban J connectivity index is 1.52. The van der Waals surface area contributed by atoms with Crippen LogP contribution < -0.4 is 0 Å². The van der Waals surface area contributed by atoms with E-state index in [9.17, 15) is 14.3 Å². The van der Waals surface area contributed by atoms with Crippen LogP contribution in [0.5, 0.6) is 0 Å². The van der Waals surface area contributed by atoms with Crippen LogP contribution in [-0.4, -0.2) is 29.1 Å². The first kappa shape index (κ1) is 16.8. The Hall–Kier alpha value is -2.64. The van der Waals surface area contributed by atoms with Gasteiger partial charge in [0.25, 0.3) is 0 Å². The van der Waals surface area contributed by atoms with Crippen molar-refractivity contribution in [2.24, 2.45) is 5.92 Å². The van der Waals surface area contributed by atoms with E-state index in [4.69, 9.17) is 0 Å². The van der Waals surface area contributed by atoms with E-state index in [1.165, 1.54) is 23.3 Å². The first-order valence-electron chi connectivity index (χ1n) is 8.97. The minimum atomic E-state index is -0.686. The first-order valence-corrected chi connectivity index (χ1v) is 8.97. The summed E-state index contributed by atoms with van der Waals surface area (Å²) in [6.07, 6.45) is 2.75. The number of carboxylic acid groups (broad SMARTS) is 1. The van der Waals surface area contributed by atoms with Gasteiger partial charge < -0.3 is 5.11 Å². The molecule has 0 aromatic heterocycles. The highest BCUT2D eigenvalue weighted by Crippen LogP contribution is 2.38. The number of aryl methyl sites for hydroxylation is 1. The fourth-order valence-electron chi connectivity index (χ4n) is 4.03. The van der Waals surface area contributed by atoms with Gasteiger partial charge in [0, 0.05) is 23.7 Å². The third kappa shape index (κ3) is 3.36. The van der Waals surface area contributed by atoms with E-state index in [1.807, 2.05) is 6.07 Å². The Morgan fingerprint density at radius 2 is 1.92 bits per heavy atom. The van der Waals surface area contributed by atoms with Gasteiger partial charge in [0.1, 0.15) is 5.82 Å². The highest BCUT2D eigenvalue weighted by atomic mass is 19.1. The lowest BCUT2D eigenvalue weighted by molar-refractivity contribution is -0.141. The van der Waals surface area contributed by atoms with Crippen molar-refractivity contribution in [2.75, 3.05) is 13.1 Å². The summed E-state index contributed by atoms with van der Waals surface area (Å²) < 4.78 is 13.2. The highest BCUT2D eigenvalue weighted by molar-refractivity contribution is 5.70. The molecule has 0 saturated carbocycles. The fourth-order valence-corrected chi connectivity index (χ4v) is 4.03. The molecule has 1 aliphatic heterocycles. The van der Waals surface area contributed by atoms with Gasteiger partial charge in [-0.3, -0.25) is 9.69 Å². The van der Waals surface area contributed by atoms with Crippen LogP contribution in [0.1, 0.15) is 41.1 Å². The molecule has 1 N–H and O–H groups in total. The summed E-state index contributed by atoms with van der Waals surface area (Å²) in [5, 5.41) is 9.21. The zero-order valence-corrected chi connectivity index (χ0v) is 14.4. The number of carboxylic acids is 1. The SMILES string of the molecule is O=C(O)C1CCN(C2CCc3cc(C#Cc4cccc(F)c4)ccc32)C1. The zero-order valence-electron chi connectivity index (χ0n) is 14.4. The normalized spacial score (nSPS) is 21.9. The van der Waals surface area contributed by atoms with Crippen molar-refractivity contribution < 1.29 is 14.3 Å². The number of carbonyl (C=O) groups is 1. The zero-order chi connectivity index (χ0) is 18.1. The molecule has 2 unspecified atom stereocenters. The topological polar surface area (TPSA) is 40.5 Å². The Kier molecular flexibility index (Phi) is 4.48. The third-order valence-corrected chi connectivity index (χ3v) is 5.37. The van der Waals surface area contributed by atoms with Gasteiger partial charge in [-0.2, -0.15) is 0 Å². The predicted molar refractivity (Wildman–Crippen MR) is 97.2 cm³/mol. The van der Waals surface area contributed by atoms with Crippen molar-refractivity contribution in [1.82, 2.24) is 4.90 Å². The number of hydrogen-bond donors (Lipinski definition) is 1. The minimum Gasteiger partial charge on any atom is -0.481 e. The molecular weight excluding hydrogens is 329 g/mol. The van der Waals surface area contributed by atoms with Gasteiger partial charge in [-0.05, 0) is 67.3 Å². The molecule has 1 heterocycles. The van der Waals surface area contributed by atoms with E-state index in [0.717, 1.165) is 31.4 Å². The van der Waals surface area contributed by atoms with E-state index in [-0.39, 0.29) is 11.7 Å². The molecular formula is C22H20FNO2. The second kappa shape index (κ2) is 6.93. The predicted octanol–water partition coefficient (Wildman–Crippen LogP) is 3.62. The number of halogens is 1. The molecule has 132 valence electrons. The summed E-state index contributed by atoms with van der Waals surface area (Å²) in [7, 11) is 0. The van der Waals surface area contributed by atoms with Crippen LogP contribution in [0.4, 0.5) is 4.39 Å². The molecule has 0 radical (unpaired) electrons. The van der Waals surface area contributed by atoms with Crippen LogP contribution in [0, 0.1) is 23.6 Å². The molecule has 2 aromatic rings. The van der Waals surface area contributed by atoms with Gasteiger partial charge in [0.15, 0.2) is 0 Å². The summed E-state index contributed by atoms with van der Waals surface area (Å²) in [5.41, 5.74) is 4.19. The number of benzene rings is 2. The van der Waals surface area contributed by atoms with Crippen LogP contribution in [0.3, 0.4) is 0 Å². The van der Waals surface area contributed by atoms with E-state index < -0.39 is 5.97 Å². The standard InChI is InChI=1S/C22H20FNO2/c23-19-3-1-2-15(13-19)4-5-16-6-8-20-17(12-16)7-9-21(20)24-11-10-18(14-24)22(25)26/h1-3,6,8,12-13,18,21H,7,9-11,14H2,(H,25,26). The quantitative estimate of drug-likeness (QED) is 0.842. The lowest BCUT2D eigenvalue weighted by Gasteiger charge is -2.24. The summed E-state index contributed by atoms with van der Waals surface area (Å²) in [5.74, 6) is 4.92. The third-order valence-electron chi connectivity index (χ3n) is 5.37. The Labute approximate surface area is 152 Å². The number of aliphatic carboxylic acids is 1. The summed E-state index contributed by atoms with van der Waals surface area (Å²) in [6, 6.07) is 12.9. The van der Waals surface area contributed by atoms with Crippen molar-refractivity contribution in [3.8, 4) is 11.8 Å². The Bertz CT molecular complexity index is 912. The molecule has 0 amide bonds. The van der Waals surface area contributed by atoms with Gasteiger partial charge in [-0.15, -0.1) is 0 Å². The molecule has 1 aliphatic carbocycles. The molecule has 4 heteroatoms. The minimum absolute atomic E-state index is 0.240. The number of rotatable bonds is 2. The van der Waals surface area contributed by atoms with Crippen LogP contribution >= 0.6 is 0 Å². The van der Waals surface area contributed by atoms with Gasteiger partial charge in [0.05, 0.1) is 5.92 Å². The average molecular weight is 349 g/mol. The highest BCUT2D eigenvalue weighted by Gasteiger charge is 2.35. The average Bonchev–Trinajstić information content (AvgIpc) is 3.26. The number of likely N-dealkylation sites (tertiary alicyclic amines) is 1. The monoisotopic (exact) mass is 349 g/mol. The van der Waals surface area contributed by atoms with Gasteiger partial charge >= 0.3 is 5.97 Å². The molecule has 2 aliphatic rings. The number of hydrogen-bond acceptors (Lipinski definition) is 2. The Morgan fingerprint density at radius 3 is 2.65 bits per heavy atom.